The van der Waals surface area contributed by atoms with E-state index in [9.17, 15) is 9.59 Å². The second-order valence-electron chi connectivity index (χ2n) is 4.29. The summed E-state index contributed by atoms with van der Waals surface area (Å²) in [6, 6.07) is 7.66. The molecule has 2 aromatic rings. The fourth-order valence-corrected chi connectivity index (χ4v) is 1.48. The lowest BCUT2D eigenvalue weighted by Crippen LogP contribution is -2.03. The highest BCUT2D eigenvalue weighted by Crippen LogP contribution is 2.25. The van der Waals surface area contributed by atoms with Crippen molar-refractivity contribution in [3.8, 4) is 23.0 Å². The van der Waals surface area contributed by atoms with E-state index in [0.717, 1.165) is 6.07 Å². The summed E-state index contributed by atoms with van der Waals surface area (Å²) >= 11 is 0. The molecule has 4 N–H and O–H groups in total. The molecule has 2 aromatic carbocycles. The standard InChI is InChI=1S/C9H10O4.C7H6O3/c1-2-13-9(12)6-3-4-7(10)8(11)5-6;8-4-5-1-2-6(9)7(10)3-5/h3-5,10-11H,2H2,1H3;1-4,9-10H. The van der Waals surface area contributed by atoms with Crippen molar-refractivity contribution in [3.05, 3.63) is 47.5 Å². The van der Waals surface area contributed by atoms with Crippen molar-refractivity contribution in [3.63, 3.8) is 0 Å². The Morgan fingerprint density at radius 1 is 0.957 bits per heavy atom. The highest BCUT2D eigenvalue weighted by Gasteiger charge is 2.08. The van der Waals surface area contributed by atoms with Crippen molar-refractivity contribution in [1.29, 1.82) is 0 Å². The Morgan fingerprint density at radius 3 is 2.00 bits per heavy atom. The predicted octanol–water partition coefficient (Wildman–Crippen LogP) is 2.18. The second kappa shape index (κ2) is 8.28. The molecule has 0 saturated carbocycles. The lowest BCUT2D eigenvalue weighted by atomic mass is 10.2. The molecular formula is C16H16O7. The minimum Gasteiger partial charge on any atom is -0.504 e. The summed E-state index contributed by atoms with van der Waals surface area (Å²) in [6.45, 7) is 1.97. The third-order valence-electron chi connectivity index (χ3n) is 2.62. The van der Waals surface area contributed by atoms with Crippen molar-refractivity contribution >= 4 is 12.3 Å². The summed E-state index contributed by atoms with van der Waals surface area (Å²) in [7, 11) is 0. The van der Waals surface area contributed by atoms with E-state index < -0.39 is 5.97 Å². The average molecular weight is 320 g/mol. The van der Waals surface area contributed by atoms with E-state index >= 15 is 0 Å². The van der Waals surface area contributed by atoms with E-state index in [2.05, 4.69) is 0 Å². The predicted molar refractivity (Wildman–Crippen MR) is 80.9 cm³/mol. The van der Waals surface area contributed by atoms with Gasteiger partial charge in [-0.05, 0) is 43.3 Å². The van der Waals surface area contributed by atoms with Gasteiger partial charge in [0.05, 0.1) is 12.2 Å². The number of carbonyl (C=O) groups is 2. The Kier molecular flexibility index (Phi) is 6.42. The molecular weight excluding hydrogens is 304 g/mol. The summed E-state index contributed by atoms with van der Waals surface area (Å²) in [5, 5.41) is 35.6. The summed E-state index contributed by atoms with van der Waals surface area (Å²) in [4.78, 5) is 21.2. The van der Waals surface area contributed by atoms with E-state index in [4.69, 9.17) is 25.2 Å². The Bertz CT molecular complexity index is 695. The summed E-state index contributed by atoms with van der Waals surface area (Å²) < 4.78 is 4.69. The first-order chi connectivity index (χ1) is 10.9. The lowest BCUT2D eigenvalue weighted by molar-refractivity contribution is 0.0525. The number of phenols is 4. The van der Waals surface area contributed by atoms with E-state index in [1.807, 2.05) is 0 Å². The molecule has 0 saturated heterocycles. The van der Waals surface area contributed by atoms with Crippen LogP contribution in [0.3, 0.4) is 0 Å². The Labute approximate surface area is 132 Å². The number of aromatic hydroxyl groups is 4. The highest BCUT2D eigenvalue weighted by molar-refractivity contribution is 5.90. The third-order valence-corrected chi connectivity index (χ3v) is 2.62. The van der Waals surface area contributed by atoms with Gasteiger partial charge < -0.3 is 25.2 Å². The van der Waals surface area contributed by atoms with Crippen molar-refractivity contribution in [2.75, 3.05) is 6.61 Å². The zero-order valence-electron chi connectivity index (χ0n) is 12.3. The zero-order valence-corrected chi connectivity index (χ0v) is 12.3. The summed E-state index contributed by atoms with van der Waals surface area (Å²) in [5.41, 5.74) is 0.562. The Morgan fingerprint density at radius 2 is 1.52 bits per heavy atom. The molecule has 7 heteroatoms. The van der Waals surface area contributed by atoms with Gasteiger partial charge in [0, 0.05) is 5.56 Å². The number of benzene rings is 2. The van der Waals surface area contributed by atoms with E-state index in [1.165, 1.54) is 30.3 Å². The van der Waals surface area contributed by atoms with Gasteiger partial charge in [-0.2, -0.15) is 0 Å². The van der Waals surface area contributed by atoms with Crippen LogP contribution >= 0.6 is 0 Å². The SMILES string of the molecule is CCOC(=O)c1ccc(O)c(O)c1.O=Cc1ccc(O)c(O)c1. The van der Waals surface area contributed by atoms with Crippen LogP contribution in [0.5, 0.6) is 23.0 Å². The topological polar surface area (TPSA) is 124 Å². The van der Waals surface area contributed by atoms with Gasteiger partial charge in [-0.25, -0.2) is 4.79 Å². The molecule has 0 unspecified atom stereocenters. The van der Waals surface area contributed by atoms with Gasteiger partial charge in [-0.15, -0.1) is 0 Å². The van der Waals surface area contributed by atoms with E-state index in [0.29, 0.717) is 11.8 Å². The molecule has 0 amide bonds. The number of aldehydes is 1. The van der Waals surface area contributed by atoms with Crippen LogP contribution in [-0.4, -0.2) is 39.3 Å². The number of hydrogen-bond acceptors (Lipinski definition) is 7. The van der Waals surface area contributed by atoms with Gasteiger partial charge in [0.2, 0.25) is 0 Å². The molecule has 2 rings (SSSR count). The molecule has 7 nitrogen and oxygen atoms in total. The quantitative estimate of drug-likeness (QED) is 0.388. The normalized spacial score (nSPS) is 9.43. The van der Waals surface area contributed by atoms with Crippen LogP contribution in [-0.2, 0) is 4.74 Å². The number of esters is 1. The fraction of sp³-hybridized carbons (Fsp3) is 0.125. The van der Waals surface area contributed by atoms with Crippen LogP contribution < -0.4 is 0 Å². The van der Waals surface area contributed by atoms with Gasteiger partial charge in [-0.1, -0.05) is 0 Å². The fourth-order valence-electron chi connectivity index (χ4n) is 1.48. The van der Waals surface area contributed by atoms with Gasteiger partial charge in [-0.3, -0.25) is 4.79 Å². The Hall–Kier alpha value is -3.22. The van der Waals surface area contributed by atoms with Gasteiger partial charge in [0.15, 0.2) is 23.0 Å². The zero-order chi connectivity index (χ0) is 17.4. The molecule has 122 valence electrons. The summed E-state index contributed by atoms with van der Waals surface area (Å²) in [5.74, 6) is -1.59. The lowest BCUT2D eigenvalue weighted by Gasteiger charge is -2.02. The number of carbonyl (C=O) groups excluding carboxylic acids is 2. The van der Waals surface area contributed by atoms with Crippen LogP contribution in [0, 0.1) is 0 Å². The second-order valence-corrected chi connectivity index (χ2v) is 4.29. The van der Waals surface area contributed by atoms with E-state index in [-0.39, 0.29) is 35.2 Å². The summed E-state index contributed by atoms with van der Waals surface area (Å²) in [6.07, 6.45) is 0.596. The van der Waals surface area contributed by atoms with E-state index in [1.54, 1.807) is 6.92 Å². The molecule has 0 bridgehead atoms. The molecule has 0 spiro atoms. The Balaban J connectivity index is 0.000000238. The molecule has 0 aliphatic rings. The third kappa shape index (κ3) is 5.24. The van der Waals surface area contributed by atoms with Gasteiger partial charge in [0.1, 0.15) is 6.29 Å². The van der Waals surface area contributed by atoms with Crippen molar-refractivity contribution < 1.29 is 34.8 Å². The molecule has 0 fully saturated rings. The van der Waals surface area contributed by atoms with Crippen molar-refractivity contribution in [2.45, 2.75) is 6.92 Å². The van der Waals surface area contributed by atoms with Crippen LogP contribution in [0.4, 0.5) is 0 Å². The molecule has 0 radical (unpaired) electrons. The molecule has 0 heterocycles. The maximum Gasteiger partial charge on any atom is 0.338 e. The number of phenolic OH excluding ortho intramolecular Hbond substituents is 4. The first-order valence-corrected chi connectivity index (χ1v) is 6.55. The maximum atomic E-state index is 11.1. The van der Waals surface area contributed by atoms with Gasteiger partial charge in [0.25, 0.3) is 0 Å². The highest BCUT2D eigenvalue weighted by atomic mass is 16.5. The average Bonchev–Trinajstić information content (AvgIpc) is 2.53. The minimum atomic E-state index is -0.516. The monoisotopic (exact) mass is 320 g/mol. The number of ether oxygens (including phenoxy) is 1. The molecule has 0 aliphatic heterocycles. The smallest absolute Gasteiger partial charge is 0.338 e. The van der Waals surface area contributed by atoms with Crippen LogP contribution in [0.15, 0.2) is 36.4 Å². The molecule has 23 heavy (non-hydrogen) atoms. The first-order valence-electron chi connectivity index (χ1n) is 6.55. The maximum absolute atomic E-state index is 11.1. The van der Waals surface area contributed by atoms with Crippen molar-refractivity contribution in [2.24, 2.45) is 0 Å². The molecule has 0 aliphatic carbocycles. The molecule has 0 atom stereocenters. The van der Waals surface area contributed by atoms with Gasteiger partial charge >= 0.3 is 5.97 Å². The number of hydrogen-bond donors (Lipinski definition) is 4. The van der Waals surface area contributed by atoms with Crippen LogP contribution in [0.2, 0.25) is 0 Å². The largest absolute Gasteiger partial charge is 0.504 e. The molecule has 0 aromatic heterocycles. The minimum absolute atomic E-state index is 0.217. The van der Waals surface area contributed by atoms with Crippen molar-refractivity contribution in [1.82, 2.24) is 0 Å². The van der Waals surface area contributed by atoms with Crippen LogP contribution in [0.1, 0.15) is 27.6 Å². The number of rotatable bonds is 3. The first kappa shape index (κ1) is 17.8. The van der Waals surface area contributed by atoms with Crippen LogP contribution in [0.25, 0.3) is 0 Å².